The number of hydrogen-bond donors (Lipinski definition) is 0. The minimum atomic E-state index is 0.199. The number of amides is 2. The quantitative estimate of drug-likeness (QED) is 0.796. The van der Waals surface area contributed by atoms with Crippen molar-refractivity contribution in [3.8, 4) is 0 Å². The lowest BCUT2D eigenvalue weighted by atomic mass is 10.1. The Balaban J connectivity index is 1.52. The summed E-state index contributed by atoms with van der Waals surface area (Å²) < 4.78 is 1.83. The molecule has 2 fully saturated rings. The number of nitrogens with zero attached hydrogens (tertiary/aromatic N) is 5. The molecule has 3 heterocycles. The molecule has 0 aromatic carbocycles. The topological polar surface area (TPSA) is 71.3 Å². The highest BCUT2D eigenvalue weighted by molar-refractivity contribution is 5.78. The highest BCUT2D eigenvalue weighted by Gasteiger charge is 2.32. The van der Waals surface area contributed by atoms with Crippen molar-refractivity contribution in [2.24, 2.45) is 0 Å². The molecule has 2 saturated heterocycles. The number of carbonyl (C=O) groups is 2. The van der Waals surface area contributed by atoms with Gasteiger partial charge in [0, 0.05) is 32.5 Å². The second-order valence-corrected chi connectivity index (χ2v) is 5.81. The maximum absolute atomic E-state index is 11.7. The zero-order valence-corrected chi connectivity index (χ0v) is 12.4. The van der Waals surface area contributed by atoms with Crippen molar-refractivity contribution >= 4 is 11.8 Å². The molecule has 1 aromatic rings. The molecule has 2 amide bonds. The van der Waals surface area contributed by atoms with Gasteiger partial charge >= 0.3 is 0 Å². The molecule has 3 rings (SSSR count). The van der Waals surface area contributed by atoms with E-state index in [2.05, 4.69) is 10.3 Å². The van der Waals surface area contributed by atoms with Crippen molar-refractivity contribution in [1.82, 2.24) is 24.8 Å². The molecule has 2 aliphatic heterocycles. The first kappa shape index (κ1) is 14.0. The van der Waals surface area contributed by atoms with Crippen LogP contribution in [0.25, 0.3) is 0 Å². The Morgan fingerprint density at radius 3 is 2.90 bits per heavy atom. The van der Waals surface area contributed by atoms with E-state index in [0.29, 0.717) is 32.5 Å². The molecule has 0 bridgehead atoms. The Bertz CT molecular complexity index is 535. The van der Waals surface area contributed by atoms with E-state index in [4.69, 9.17) is 0 Å². The van der Waals surface area contributed by atoms with Crippen LogP contribution in [0.4, 0.5) is 0 Å². The molecule has 21 heavy (non-hydrogen) atoms. The molecular formula is C14H21N5O2. The van der Waals surface area contributed by atoms with Crippen molar-refractivity contribution in [1.29, 1.82) is 0 Å². The molecule has 0 unspecified atom stereocenters. The van der Waals surface area contributed by atoms with Gasteiger partial charge in [-0.15, -0.1) is 5.10 Å². The van der Waals surface area contributed by atoms with Gasteiger partial charge in [0.1, 0.15) is 5.69 Å². The average molecular weight is 291 g/mol. The summed E-state index contributed by atoms with van der Waals surface area (Å²) in [4.78, 5) is 27.0. The second kappa shape index (κ2) is 5.83. The Hall–Kier alpha value is -1.92. The third-order valence-corrected chi connectivity index (χ3v) is 4.13. The summed E-state index contributed by atoms with van der Waals surface area (Å²) in [6.45, 7) is 4.80. The fourth-order valence-corrected chi connectivity index (χ4v) is 2.83. The fraction of sp³-hybridized carbons (Fsp3) is 0.714. The molecule has 0 aliphatic carbocycles. The van der Waals surface area contributed by atoms with Crippen molar-refractivity contribution in [2.75, 3.05) is 19.6 Å². The predicted octanol–water partition coefficient (Wildman–Crippen LogP) is 0.584. The van der Waals surface area contributed by atoms with Crippen molar-refractivity contribution in [2.45, 2.75) is 45.2 Å². The largest absolute Gasteiger partial charge is 0.338 e. The first-order valence-corrected chi connectivity index (χ1v) is 7.63. The van der Waals surface area contributed by atoms with Crippen LogP contribution < -0.4 is 0 Å². The second-order valence-electron chi connectivity index (χ2n) is 5.81. The third-order valence-electron chi connectivity index (χ3n) is 4.13. The zero-order chi connectivity index (χ0) is 14.8. The van der Waals surface area contributed by atoms with Gasteiger partial charge in [-0.25, -0.2) is 4.68 Å². The SMILES string of the molecule is CCCC(=O)N1CC(n2cc(CN3CCCC3=O)nn2)C1. The summed E-state index contributed by atoms with van der Waals surface area (Å²) in [7, 11) is 0. The molecule has 0 radical (unpaired) electrons. The molecule has 0 atom stereocenters. The van der Waals surface area contributed by atoms with Gasteiger partial charge in [-0.05, 0) is 12.8 Å². The molecule has 7 nitrogen and oxygen atoms in total. The van der Waals surface area contributed by atoms with Crippen LogP contribution in [0.3, 0.4) is 0 Å². The number of likely N-dealkylation sites (tertiary alicyclic amines) is 2. The first-order valence-electron chi connectivity index (χ1n) is 7.63. The minimum Gasteiger partial charge on any atom is -0.338 e. The summed E-state index contributed by atoms with van der Waals surface area (Å²) in [6, 6.07) is 0.223. The van der Waals surface area contributed by atoms with Crippen molar-refractivity contribution in [3.63, 3.8) is 0 Å². The van der Waals surface area contributed by atoms with E-state index in [1.54, 1.807) is 0 Å². The van der Waals surface area contributed by atoms with Crippen LogP contribution in [0.1, 0.15) is 44.3 Å². The van der Waals surface area contributed by atoms with Crippen molar-refractivity contribution in [3.05, 3.63) is 11.9 Å². The van der Waals surface area contributed by atoms with Crippen LogP contribution in [-0.2, 0) is 16.1 Å². The third kappa shape index (κ3) is 2.91. The zero-order valence-electron chi connectivity index (χ0n) is 12.4. The average Bonchev–Trinajstić information content (AvgIpc) is 2.99. The lowest BCUT2D eigenvalue weighted by Crippen LogP contribution is -2.50. The Labute approximate surface area is 123 Å². The Morgan fingerprint density at radius 1 is 1.43 bits per heavy atom. The summed E-state index contributed by atoms with van der Waals surface area (Å²) in [5, 5.41) is 8.27. The number of carbonyl (C=O) groups excluding carboxylic acids is 2. The lowest BCUT2D eigenvalue weighted by molar-refractivity contribution is -0.137. The normalized spacial score (nSPS) is 19.2. The van der Waals surface area contributed by atoms with Gasteiger partial charge in [-0.3, -0.25) is 9.59 Å². The first-order chi connectivity index (χ1) is 10.2. The summed E-state index contributed by atoms with van der Waals surface area (Å²) in [5.41, 5.74) is 0.823. The molecule has 2 aliphatic rings. The number of rotatable bonds is 5. The van der Waals surface area contributed by atoms with Gasteiger partial charge in [-0.2, -0.15) is 0 Å². The van der Waals surface area contributed by atoms with Gasteiger partial charge in [0.25, 0.3) is 0 Å². The van der Waals surface area contributed by atoms with E-state index >= 15 is 0 Å². The van der Waals surface area contributed by atoms with Crippen LogP contribution in [0, 0.1) is 0 Å². The van der Waals surface area contributed by atoms with E-state index in [0.717, 1.165) is 25.1 Å². The van der Waals surface area contributed by atoms with Gasteiger partial charge in [0.2, 0.25) is 11.8 Å². The predicted molar refractivity (Wildman–Crippen MR) is 75.2 cm³/mol. The van der Waals surface area contributed by atoms with Gasteiger partial charge in [0.15, 0.2) is 0 Å². The highest BCUT2D eigenvalue weighted by atomic mass is 16.2. The highest BCUT2D eigenvalue weighted by Crippen LogP contribution is 2.22. The Morgan fingerprint density at radius 2 is 2.24 bits per heavy atom. The van der Waals surface area contributed by atoms with E-state index in [9.17, 15) is 9.59 Å². The minimum absolute atomic E-state index is 0.199. The molecule has 7 heteroatoms. The van der Waals surface area contributed by atoms with E-state index < -0.39 is 0 Å². The lowest BCUT2D eigenvalue weighted by Gasteiger charge is -2.38. The number of aromatic nitrogens is 3. The van der Waals surface area contributed by atoms with Crippen molar-refractivity contribution < 1.29 is 9.59 Å². The van der Waals surface area contributed by atoms with Crippen LogP contribution >= 0.6 is 0 Å². The summed E-state index contributed by atoms with van der Waals surface area (Å²) in [5.74, 6) is 0.418. The van der Waals surface area contributed by atoms with Gasteiger partial charge < -0.3 is 9.80 Å². The van der Waals surface area contributed by atoms with Crippen LogP contribution in [0.2, 0.25) is 0 Å². The summed E-state index contributed by atoms with van der Waals surface area (Å²) in [6.07, 6.45) is 4.98. The molecule has 0 N–H and O–H groups in total. The van der Waals surface area contributed by atoms with E-state index in [1.165, 1.54) is 0 Å². The van der Waals surface area contributed by atoms with Crippen LogP contribution in [0.15, 0.2) is 6.20 Å². The monoisotopic (exact) mass is 291 g/mol. The summed E-state index contributed by atoms with van der Waals surface area (Å²) >= 11 is 0. The smallest absolute Gasteiger partial charge is 0.222 e. The van der Waals surface area contributed by atoms with E-state index in [-0.39, 0.29) is 17.9 Å². The Kier molecular flexibility index (Phi) is 3.90. The number of hydrogen-bond acceptors (Lipinski definition) is 4. The van der Waals surface area contributed by atoms with Crippen LogP contribution in [0.5, 0.6) is 0 Å². The standard InChI is InChI=1S/C14H21N5O2/c1-2-4-13(20)18-9-12(10-18)19-8-11(15-16-19)7-17-6-3-5-14(17)21/h8,12H,2-7,9-10H2,1H3. The molecular weight excluding hydrogens is 270 g/mol. The van der Waals surface area contributed by atoms with E-state index in [1.807, 2.05) is 27.6 Å². The molecule has 0 spiro atoms. The fourth-order valence-electron chi connectivity index (χ4n) is 2.83. The maximum Gasteiger partial charge on any atom is 0.222 e. The van der Waals surface area contributed by atoms with Gasteiger partial charge in [0.05, 0.1) is 18.8 Å². The van der Waals surface area contributed by atoms with Crippen LogP contribution in [-0.4, -0.2) is 56.2 Å². The molecule has 114 valence electrons. The van der Waals surface area contributed by atoms with Gasteiger partial charge in [-0.1, -0.05) is 12.1 Å². The molecule has 1 aromatic heterocycles. The maximum atomic E-state index is 11.7. The molecule has 0 saturated carbocycles.